The molecule has 2 heterocycles. The summed E-state index contributed by atoms with van der Waals surface area (Å²) in [6.45, 7) is 5.60. The van der Waals surface area contributed by atoms with E-state index < -0.39 is 28.6 Å². The molecule has 1 aromatic carbocycles. The molecule has 2 fully saturated rings. The summed E-state index contributed by atoms with van der Waals surface area (Å²) in [6.07, 6.45) is 2.74. The molecule has 8 heteroatoms. The highest BCUT2D eigenvalue weighted by Crippen LogP contribution is 2.39. The molecule has 2 N–H and O–H groups in total. The van der Waals surface area contributed by atoms with Crippen LogP contribution in [-0.2, 0) is 0 Å². The van der Waals surface area contributed by atoms with Gasteiger partial charge in [0.2, 0.25) is 5.43 Å². The second kappa shape index (κ2) is 6.84. The third kappa shape index (κ3) is 3.05. The van der Waals surface area contributed by atoms with Gasteiger partial charge in [0.1, 0.15) is 17.1 Å². The van der Waals surface area contributed by atoms with Gasteiger partial charge in [0.15, 0.2) is 5.82 Å². The molecule has 150 valence electrons. The SMILES string of the molecule is CC(C)C1CN(c2c(F)cc3c(=O)c(C(=O)O)cn(C4CC4)c3c2F)CCN1. The van der Waals surface area contributed by atoms with Crippen molar-refractivity contribution in [2.24, 2.45) is 5.92 Å². The topological polar surface area (TPSA) is 74.6 Å². The van der Waals surface area contributed by atoms with Gasteiger partial charge in [-0.15, -0.1) is 0 Å². The minimum Gasteiger partial charge on any atom is -0.477 e. The van der Waals surface area contributed by atoms with E-state index in [2.05, 4.69) is 5.32 Å². The summed E-state index contributed by atoms with van der Waals surface area (Å²) in [6, 6.07) is 1.03. The first-order chi connectivity index (χ1) is 13.3. The molecule has 1 atom stereocenters. The normalized spacial score (nSPS) is 20.2. The van der Waals surface area contributed by atoms with Gasteiger partial charge < -0.3 is 19.9 Å². The smallest absolute Gasteiger partial charge is 0.341 e. The third-order valence-electron chi connectivity index (χ3n) is 5.68. The van der Waals surface area contributed by atoms with Gasteiger partial charge in [0, 0.05) is 37.9 Å². The first kappa shape index (κ1) is 18.9. The first-order valence-corrected chi connectivity index (χ1v) is 9.58. The van der Waals surface area contributed by atoms with Crippen LogP contribution in [-0.4, -0.2) is 41.3 Å². The van der Waals surface area contributed by atoms with Crippen LogP contribution in [0.3, 0.4) is 0 Å². The van der Waals surface area contributed by atoms with Crippen molar-refractivity contribution in [3.05, 3.63) is 39.7 Å². The Morgan fingerprint density at radius 1 is 1.32 bits per heavy atom. The molecule has 0 spiro atoms. The number of rotatable bonds is 4. The molecular weight excluding hydrogens is 368 g/mol. The average Bonchev–Trinajstić information content (AvgIpc) is 3.47. The Hall–Kier alpha value is -2.48. The molecule has 0 amide bonds. The zero-order valence-electron chi connectivity index (χ0n) is 15.8. The maximum absolute atomic E-state index is 15.6. The van der Waals surface area contributed by atoms with Gasteiger partial charge in [-0.05, 0) is 24.8 Å². The van der Waals surface area contributed by atoms with Crippen LogP contribution in [0, 0.1) is 17.6 Å². The van der Waals surface area contributed by atoms with E-state index in [9.17, 15) is 19.1 Å². The van der Waals surface area contributed by atoms with Gasteiger partial charge in [-0.3, -0.25) is 4.79 Å². The molecule has 1 aliphatic carbocycles. The molecule has 2 aromatic rings. The van der Waals surface area contributed by atoms with Crippen LogP contribution in [0.4, 0.5) is 14.5 Å². The van der Waals surface area contributed by atoms with Crippen molar-refractivity contribution in [1.82, 2.24) is 9.88 Å². The van der Waals surface area contributed by atoms with Gasteiger partial charge in [0.25, 0.3) is 0 Å². The van der Waals surface area contributed by atoms with E-state index in [0.717, 1.165) is 18.9 Å². The number of aromatic nitrogens is 1. The van der Waals surface area contributed by atoms with E-state index in [1.54, 1.807) is 4.90 Å². The maximum Gasteiger partial charge on any atom is 0.341 e. The Labute approximate surface area is 160 Å². The van der Waals surface area contributed by atoms with Gasteiger partial charge in [-0.25, -0.2) is 13.6 Å². The van der Waals surface area contributed by atoms with E-state index in [0.29, 0.717) is 25.6 Å². The first-order valence-electron chi connectivity index (χ1n) is 9.58. The van der Waals surface area contributed by atoms with Crippen molar-refractivity contribution in [2.45, 2.75) is 38.8 Å². The number of fused-ring (bicyclic) bond motifs is 1. The molecule has 1 unspecified atom stereocenters. The Morgan fingerprint density at radius 2 is 2.04 bits per heavy atom. The van der Waals surface area contributed by atoms with Crippen LogP contribution < -0.4 is 15.6 Å². The van der Waals surface area contributed by atoms with Crippen LogP contribution in [0.5, 0.6) is 0 Å². The summed E-state index contributed by atoms with van der Waals surface area (Å²) >= 11 is 0. The van der Waals surface area contributed by atoms with Crippen molar-refractivity contribution < 1.29 is 18.7 Å². The summed E-state index contributed by atoms with van der Waals surface area (Å²) in [5.74, 6) is -2.72. The second-order valence-corrected chi connectivity index (χ2v) is 7.98. The minimum atomic E-state index is -1.40. The van der Waals surface area contributed by atoms with Gasteiger partial charge in [0.05, 0.1) is 10.9 Å². The number of nitrogens with zero attached hydrogens (tertiary/aromatic N) is 2. The Morgan fingerprint density at radius 3 is 2.64 bits per heavy atom. The van der Waals surface area contributed by atoms with E-state index in [1.165, 1.54) is 10.8 Å². The molecule has 6 nitrogen and oxygen atoms in total. The molecule has 1 saturated heterocycles. The molecule has 1 aromatic heterocycles. The molecule has 1 saturated carbocycles. The van der Waals surface area contributed by atoms with E-state index in [1.807, 2.05) is 13.8 Å². The number of benzene rings is 1. The fraction of sp³-hybridized carbons (Fsp3) is 0.500. The summed E-state index contributed by atoms with van der Waals surface area (Å²) in [4.78, 5) is 25.7. The number of piperazine rings is 1. The second-order valence-electron chi connectivity index (χ2n) is 7.98. The number of carboxylic acids is 1. The van der Waals surface area contributed by atoms with Gasteiger partial charge in [-0.2, -0.15) is 0 Å². The number of aromatic carboxylic acids is 1. The van der Waals surface area contributed by atoms with E-state index >= 15 is 4.39 Å². The molecule has 0 bridgehead atoms. The summed E-state index contributed by atoms with van der Waals surface area (Å²) < 4.78 is 32.1. The maximum atomic E-state index is 15.6. The van der Waals surface area contributed by atoms with E-state index in [4.69, 9.17) is 0 Å². The summed E-state index contributed by atoms with van der Waals surface area (Å²) in [5, 5.41) is 12.4. The van der Waals surface area contributed by atoms with Crippen molar-refractivity contribution in [1.29, 1.82) is 0 Å². The number of anilines is 1. The minimum absolute atomic E-state index is 0.00599. The number of hydrogen-bond donors (Lipinski definition) is 2. The highest BCUT2D eigenvalue weighted by atomic mass is 19.1. The van der Waals surface area contributed by atoms with Crippen molar-refractivity contribution in [3.63, 3.8) is 0 Å². The molecular formula is C20H23F2N3O3. The van der Waals surface area contributed by atoms with Crippen molar-refractivity contribution in [2.75, 3.05) is 24.5 Å². The standard InChI is InChI=1S/C20H23F2N3O3/c1-10(2)15-9-24(6-5-23-15)18-14(21)7-12-17(16(18)22)25(11-3-4-11)8-13(19(12)26)20(27)28/h7-8,10-11,15,23H,3-6,9H2,1-2H3,(H,27,28). The average molecular weight is 391 g/mol. The lowest BCUT2D eigenvalue weighted by molar-refractivity contribution is 0.0695. The largest absolute Gasteiger partial charge is 0.477 e. The molecule has 1 aliphatic heterocycles. The quantitative estimate of drug-likeness (QED) is 0.838. The number of pyridine rings is 1. The van der Waals surface area contributed by atoms with Crippen LogP contribution in [0.25, 0.3) is 10.9 Å². The Bertz CT molecular complexity index is 1010. The number of hydrogen-bond acceptors (Lipinski definition) is 4. The lowest BCUT2D eigenvalue weighted by Crippen LogP contribution is -2.53. The van der Waals surface area contributed by atoms with Crippen LogP contribution in [0.15, 0.2) is 17.1 Å². The molecule has 0 radical (unpaired) electrons. The van der Waals surface area contributed by atoms with Gasteiger partial charge in [-0.1, -0.05) is 13.8 Å². The molecule has 4 rings (SSSR count). The van der Waals surface area contributed by atoms with Crippen LogP contribution in [0.1, 0.15) is 43.1 Å². The van der Waals surface area contributed by atoms with Crippen molar-refractivity contribution in [3.8, 4) is 0 Å². The highest BCUT2D eigenvalue weighted by molar-refractivity contribution is 5.94. The Balaban J connectivity index is 1.93. The number of carbonyl (C=O) groups is 1. The number of carboxylic acid groups (broad SMARTS) is 1. The molecule has 2 aliphatic rings. The lowest BCUT2D eigenvalue weighted by atomic mass is 10.0. The van der Waals surface area contributed by atoms with Crippen LogP contribution >= 0.6 is 0 Å². The number of halogens is 2. The predicted molar refractivity (Wildman–Crippen MR) is 102 cm³/mol. The fourth-order valence-corrected chi connectivity index (χ4v) is 3.94. The Kier molecular flexibility index (Phi) is 4.61. The molecule has 28 heavy (non-hydrogen) atoms. The van der Waals surface area contributed by atoms with Gasteiger partial charge >= 0.3 is 5.97 Å². The predicted octanol–water partition coefficient (Wildman–Crippen LogP) is 2.75. The van der Waals surface area contributed by atoms with Crippen molar-refractivity contribution >= 4 is 22.6 Å². The summed E-state index contributed by atoms with van der Waals surface area (Å²) in [7, 11) is 0. The third-order valence-corrected chi connectivity index (χ3v) is 5.68. The summed E-state index contributed by atoms with van der Waals surface area (Å²) in [5.41, 5.74) is -1.47. The van der Waals surface area contributed by atoms with Crippen LogP contribution in [0.2, 0.25) is 0 Å². The fourth-order valence-electron chi connectivity index (χ4n) is 3.94. The van der Waals surface area contributed by atoms with E-state index in [-0.39, 0.29) is 28.7 Å². The highest BCUT2D eigenvalue weighted by Gasteiger charge is 2.32. The zero-order chi connectivity index (χ0) is 20.2. The zero-order valence-corrected chi connectivity index (χ0v) is 15.8. The monoisotopic (exact) mass is 391 g/mol. The number of nitrogens with one attached hydrogen (secondary N) is 1. The lowest BCUT2D eigenvalue weighted by Gasteiger charge is -2.37.